The first-order valence-electron chi connectivity index (χ1n) is 36.8. The molecule has 0 aromatic carbocycles. The van der Waals surface area contributed by atoms with Crippen LogP contribution in [0.15, 0.2) is 0 Å². The number of carbonyl (C=O) groups excluding carboxylic acids is 1. The summed E-state index contributed by atoms with van der Waals surface area (Å²) in [7, 11) is 0. The van der Waals surface area contributed by atoms with Gasteiger partial charge in [-0.2, -0.15) is 0 Å². The van der Waals surface area contributed by atoms with E-state index in [9.17, 15) is 45.6 Å². The van der Waals surface area contributed by atoms with Crippen molar-refractivity contribution in [2.75, 3.05) is 19.8 Å². The van der Waals surface area contributed by atoms with E-state index in [2.05, 4.69) is 19.2 Å². The van der Waals surface area contributed by atoms with Gasteiger partial charge in [0.15, 0.2) is 12.6 Å². The third-order valence-electron chi connectivity index (χ3n) is 18.6. The molecule has 0 bridgehead atoms. The molecule has 2 aliphatic heterocycles. The fourth-order valence-electron chi connectivity index (χ4n) is 12.7. The molecule has 2 fully saturated rings. The minimum Gasteiger partial charge on any atom is -0.394 e. The van der Waals surface area contributed by atoms with Gasteiger partial charge < -0.3 is 65.1 Å². The largest absolute Gasteiger partial charge is 0.394 e. The van der Waals surface area contributed by atoms with Gasteiger partial charge in [-0.3, -0.25) is 4.79 Å². The second-order valence-corrected chi connectivity index (χ2v) is 26.4. The van der Waals surface area contributed by atoms with E-state index in [1.165, 1.54) is 276 Å². The molecule has 0 aliphatic carbocycles. The summed E-state index contributed by atoms with van der Waals surface area (Å²) in [4.78, 5) is 13.3. The smallest absolute Gasteiger partial charge is 0.220 e. The third-order valence-corrected chi connectivity index (χ3v) is 18.6. The van der Waals surface area contributed by atoms with Crippen LogP contribution in [0, 0.1) is 0 Å². The van der Waals surface area contributed by atoms with Gasteiger partial charge >= 0.3 is 0 Å². The summed E-state index contributed by atoms with van der Waals surface area (Å²) in [6.07, 6.45) is 51.7. The van der Waals surface area contributed by atoms with Crippen molar-refractivity contribution in [1.29, 1.82) is 0 Å². The van der Waals surface area contributed by atoms with Crippen LogP contribution in [0.2, 0.25) is 0 Å². The molecule has 2 aliphatic rings. The predicted molar refractivity (Wildman–Crippen MR) is 346 cm³/mol. The minimum absolute atomic E-state index is 0.198. The number of nitrogens with one attached hydrogen (secondary N) is 1. The molecule has 12 unspecified atom stereocenters. The molecule has 2 heterocycles. The zero-order valence-corrected chi connectivity index (χ0v) is 55.1. The number of rotatable bonds is 62. The first-order chi connectivity index (χ1) is 41.6. The van der Waals surface area contributed by atoms with E-state index >= 15 is 0 Å². The van der Waals surface area contributed by atoms with Crippen molar-refractivity contribution < 1.29 is 64.6 Å². The molecule has 0 aromatic heterocycles. The Hall–Kier alpha value is -1.01. The molecule has 506 valence electrons. The van der Waals surface area contributed by atoms with E-state index < -0.39 is 86.8 Å². The van der Waals surface area contributed by atoms with Crippen LogP contribution in [0.4, 0.5) is 0 Å². The summed E-state index contributed by atoms with van der Waals surface area (Å²) in [6.45, 7) is 2.91. The van der Waals surface area contributed by atoms with Crippen molar-refractivity contribution in [3.63, 3.8) is 0 Å². The molecular formula is C71H139NO13. The van der Waals surface area contributed by atoms with Crippen LogP contribution in [0.1, 0.15) is 354 Å². The lowest BCUT2D eigenvalue weighted by Gasteiger charge is -2.46. The van der Waals surface area contributed by atoms with Crippen LogP contribution >= 0.6 is 0 Å². The van der Waals surface area contributed by atoms with Crippen molar-refractivity contribution in [2.24, 2.45) is 0 Å². The van der Waals surface area contributed by atoms with Gasteiger partial charge in [0, 0.05) is 6.42 Å². The van der Waals surface area contributed by atoms with Crippen LogP contribution in [0.3, 0.4) is 0 Å². The first kappa shape index (κ1) is 80.1. The van der Waals surface area contributed by atoms with Gasteiger partial charge in [0.2, 0.25) is 5.91 Å². The Labute approximate surface area is 521 Å². The highest BCUT2D eigenvalue weighted by molar-refractivity contribution is 5.76. The number of unbranched alkanes of at least 4 members (excludes halogenated alkanes) is 49. The van der Waals surface area contributed by atoms with Gasteiger partial charge in [-0.15, -0.1) is 0 Å². The molecule has 0 aromatic rings. The molecule has 0 saturated carbocycles. The van der Waals surface area contributed by atoms with Crippen molar-refractivity contribution in [2.45, 2.75) is 428 Å². The zero-order chi connectivity index (χ0) is 61.6. The average Bonchev–Trinajstić information content (AvgIpc) is 3.70. The Morgan fingerprint density at radius 2 is 0.671 bits per heavy atom. The van der Waals surface area contributed by atoms with Crippen LogP contribution in [-0.4, -0.2) is 140 Å². The lowest BCUT2D eigenvalue weighted by atomic mass is 9.97. The summed E-state index contributed by atoms with van der Waals surface area (Å²) in [5.74, 6) is -0.198. The highest BCUT2D eigenvalue weighted by Gasteiger charge is 2.51. The average molecular weight is 1210 g/mol. The molecule has 0 spiro atoms. The van der Waals surface area contributed by atoms with Crippen LogP contribution < -0.4 is 5.32 Å². The Morgan fingerprint density at radius 1 is 0.376 bits per heavy atom. The summed E-state index contributed by atoms with van der Waals surface area (Å²) >= 11 is 0. The molecular weight excluding hydrogens is 1070 g/mol. The standard InChI is InChI=1S/C71H139NO13/c1-3-5-7-9-11-13-15-17-18-19-20-21-22-23-24-25-26-27-28-29-30-31-32-33-34-35-36-37-38-39-40-41-43-45-47-49-51-53-55-63(76)72-59(60(75)54-52-50-48-46-44-42-16-14-12-10-8-6-4-2)58-82-70-68(81)66(79)69(62(57-74)84-70)85-71-67(80)65(78)64(77)61(56-73)83-71/h59-62,64-71,73-75,77-81H,3-58H2,1-2H3,(H,72,76). The van der Waals surface area contributed by atoms with Crippen molar-refractivity contribution in [1.82, 2.24) is 5.32 Å². The Morgan fingerprint density at radius 3 is 1.00 bits per heavy atom. The van der Waals surface area contributed by atoms with E-state index in [-0.39, 0.29) is 12.5 Å². The Bertz CT molecular complexity index is 1430. The van der Waals surface area contributed by atoms with Crippen molar-refractivity contribution >= 4 is 5.91 Å². The summed E-state index contributed by atoms with van der Waals surface area (Å²) in [5.41, 5.74) is 0. The fourth-order valence-corrected chi connectivity index (χ4v) is 12.7. The molecule has 14 nitrogen and oxygen atoms in total. The van der Waals surface area contributed by atoms with E-state index in [0.717, 1.165) is 51.4 Å². The SMILES string of the molecule is CCCCCCCCCCCCCCCCCCCCCCCCCCCCCCCCCCCCCCCCC(=O)NC(COC1OC(CO)C(OC2OC(CO)C(O)C(O)C2O)C(O)C1O)C(O)CCCCCCCCCCCCCCC. The summed E-state index contributed by atoms with van der Waals surface area (Å²) in [6, 6.07) is -0.823. The van der Waals surface area contributed by atoms with Crippen molar-refractivity contribution in [3.05, 3.63) is 0 Å². The number of amides is 1. The van der Waals surface area contributed by atoms with Gasteiger partial charge in [0.05, 0.1) is 32.0 Å². The highest BCUT2D eigenvalue weighted by Crippen LogP contribution is 2.30. The maximum absolute atomic E-state index is 13.3. The van der Waals surface area contributed by atoms with Crippen molar-refractivity contribution in [3.8, 4) is 0 Å². The number of aliphatic hydroxyl groups is 8. The van der Waals surface area contributed by atoms with E-state index in [4.69, 9.17) is 18.9 Å². The van der Waals surface area contributed by atoms with Gasteiger partial charge in [-0.05, 0) is 12.8 Å². The summed E-state index contributed by atoms with van der Waals surface area (Å²) < 4.78 is 22.9. The monoisotopic (exact) mass is 1210 g/mol. The molecule has 0 radical (unpaired) electrons. The predicted octanol–water partition coefficient (Wildman–Crippen LogP) is 15.2. The van der Waals surface area contributed by atoms with Crippen LogP contribution in [-0.2, 0) is 23.7 Å². The van der Waals surface area contributed by atoms with E-state index in [1.807, 2.05) is 0 Å². The molecule has 9 N–H and O–H groups in total. The number of aliphatic hydroxyl groups excluding tert-OH is 8. The molecule has 12 atom stereocenters. The lowest BCUT2D eigenvalue weighted by Crippen LogP contribution is -2.65. The second kappa shape index (κ2) is 56.9. The fraction of sp³-hybridized carbons (Fsp3) is 0.986. The first-order valence-corrected chi connectivity index (χ1v) is 36.8. The molecule has 85 heavy (non-hydrogen) atoms. The molecule has 1 amide bonds. The van der Waals surface area contributed by atoms with Crippen LogP contribution in [0.5, 0.6) is 0 Å². The Kier molecular flexibility index (Phi) is 53.6. The quantitative estimate of drug-likeness (QED) is 0.0259. The number of carbonyl (C=O) groups is 1. The molecule has 14 heteroatoms. The topological polar surface area (TPSA) is 228 Å². The summed E-state index contributed by atoms with van der Waals surface area (Å²) in [5, 5.41) is 87.4. The normalized spacial score (nSPS) is 23.4. The zero-order valence-electron chi connectivity index (χ0n) is 55.1. The van der Waals surface area contributed by atoms with E-state index in [0.29, 0.717) is 12.8 Å². The van der Waals surface area contributed by atoms with Gasteiger partial charge in [0.25, 0.3) is 0 Å². The number of hydrogen-bond donors (Lipinski definition) is 9. The molecule has 2 saturated heterocycles. The third kappa shape index (κ3) is 41.2. The lowest BCUT2D eigenvalue weighted by molar-refractivity contribution is -0.359. The van der Waals surface area contributed by atoms with Crippen LogP contribution in [0.25, 0.3) is 0 Å². The Balaban J connectivity index is 1.53. The second-order valence-electron chi connectivity index (χ2n) is 26.4. The van der Waals surface area contributed by atoms with Gasteiger partial charge in [0.1, 0.15) is 48.8 Å². The maximum Gasteiger partial charge on any atom is 0.220 e. The maximum atomic E-state index is 13.3. The molecule has 2 rings (SSSR count). The highest BCUT2D eigenvalue weighted by atomic mass is 16.7. The number of ether oxygens (including phenoxy) is 4. The van der Waals surface area contributed by atoms with Gasteiger partial charge in [-0.1, -0.05) is 335 Å². The van der Waals surface area contributed by atoms with E-state index in [1.54, 1.807) is 0 Å². The minimum atomic E-state index is -1.78. The number of hydrogen-bond acceptors (Lipinski definition) is 13. The van der Waals surface area contributed by atoms with Gasteiger partial charge in [-0.25, -0.2) is 0 Å².